The topological polar surface area (TPSA) is 68.3 Å². The first-order chi connectivity index (χ1) is 22.0. The Hall–Kier alpha value is -4.37. The summed E-state index contributed by atoms with van der Waals surface area (Å²) in [6.45, 7) is 1.76. The molecule has 4 rings (SSSR count). The van der Waals surface area contributed by atoms with Gasteiger partial charge in [0.2, 0.25) is 6.17 Å². The van der Waals surface area contributed by atoms with E-state index in [1.807, 2.05) is 131 Å². The van der Waals surface area contributed by atoms with Crippen LogP contribution in [0, 0.1) is 0 Å². The molecular formula is C37H41FN2O5. The molecule has 7 nitrogen and oxygen atoms in total. The van der Waals surface area contributed by atoms with E-state index in [0.29, 0.717) is 26.2 Å². The summed E-state index contributed by atoms with van der Waals surface area (Å²) in [6.07, 6.45) is -1.83. The van der Waals surface area contributed by atoms with Gasteiger partial charge in [0, 0.05) is 32.7 Å². The SMILES string of the molecule is COC(=O)[C@@H](COCCOC(=O)[C@@H](F)CN(Cc1ccccc1)Cc1ccccc1)N(Cc1ccccc1)Cc1ccccc1. The van der Waals surface area contributed by atoms with Gasteiger partial charge in [-0.2, -0.15) is 0 Å². The normalized spacial score (nSPS) is 12.5. The standard InChI is InChI=1S/C37H41FN2O5/c1-43-37(42)35(40(26-32-18-10-4-11-19-32)27-33-20-12-5-13-21-33)29-44-22-23-45-36(41)34(38)28-39(24-30-14-6-2-7-15-30)25-31-16-8-3-9-17-31/h2-21,34-35H,22-29H2,1H3/t34-,35+/m0/s1. The summed E-state index contributed by atoms with van der Waals surface area (Å²) >= 11 is 0. The number of hydrogen-bond acceptors (Lipinski definition) is 7. The molecule has 0 saturated carbocycles. The van der Waals surface area contributed by atoms with Gasteiger partial charge < -0.3 is 14.2 Å². The Labute approximate surface area is 265 Å². The van der Waals surface area contributed by atoms with Crippen molar-refractivity contribution in [3.63, 3.8) is 0 Å². The monoisotopic (exact) mass is 612 g/mol. The van der Waals surface area contributed by atoms with E-state index in [0.717, 1.165) is 22.3 Å². The lowest BCUT2D eigenvalue weighted by Crippen LogP contribution is -2.44. The molecule has 0 N–H and O–H groups in total. The predicted molar refractivity (Wildman–Crippen MR) is 172 cm³/mol. The van der Waals surface area contributed by atoms with Gasteiger partial charge in [0.05, 0.1) is 20.3 Å². The minimum atomic E-state index is -1.83. The Balaban J connectivity index is 1.30. The summed E-state index contributed by atoms with van der Waals surface area (Å²) in [5, 5.41) is 0. The average Bonchev–Trinajstić information content (AvgIpc) is 3.07. The molecule has 0 aliphatic heterocycles. The second kappa shape index (κ2) is 18.4. The van der Waals surface area contributed by atoms with E-state index in [1.54, 1.807) is 0 Å². The predicted octanol–water partition coefficient (Wildman–Crippen LogP) is 5.83. The first kappa shape index (κ1) is 33.5. The summed E-state index contributed by atoms with van der Waals surface area (Å²) in [6, 6.07) is 38.5. The number of benzene rings is 4. The van der Waals surface area contributed by atoms with Crippen LogP contribution in [0.5, 0.6) is 0 Å². The van der Waals surface area contributed by atoms with Crippen LogP contribution >= 0.6 is 0 Å². The van der Waals surface area contributed by atoms with Crippen molar-refractivity contribution in [1.82, 2.24) is 9.80 Å². The van der Waals surface area contributed by atoms with Gasteiger partial charge in [-0.25, -0.2) is 9.18 Å². The van der Waals surface area contributed by atoms with Crippen LogP contribution in [0.15, 0.2) is 121 Å². The number of esters is 2. The molecular weight excluding hydrogens is 571 g/mol. The van der Waals surface area contributed by atoms with Crippen LogP contribution in [0.3, 0.4) is 0 Å². The smallest absolute Gasteiger partial charge is 0.342 e. The maximum Gasteiger partial charge on any atom is 0.342 e. The molecule has 0 radical (unpaired) electrons. The minimum absolute atomic E-state index is 0.00815. The maximum atomic E-state index is 15.1. The van der Waals surface area contributed by atoms with Crippen molar-refractivity contribution < 1.29 is 28.2 Å². The van der Waals surface area contributed by atoms with Crippen molar-refractivity contribution >= 4 is 11.9 Å². The second-order valence-corrected chi connectivity index (χ2v) is 10.8. The molecule has 4 aromatic rings. The molecule has 0 heterocycles. The molecule has 0 aliphatic rings. The fourth-order valence-corrected chi connectivity index (χ4v) is 5.03. The molecule has 0 fully saturated rings. The molecule has 0 unspecified atom stereocenters. The zero-order chi connectivity index (χ0) is 31.7. The Bertz CT molecular complexity index is 1330. The Morgan fingerprint density at radius 3 is 1.47 bits per heavy atom. The molecule has 0 bridgehead atoms. The van der Waals surface area contributed by atoms with E-state index < -0.39 is 24.2 Å². The van der Waals surface area contributed by atoms with Crippen LogP contribution < -0.4 is 0 Å². The highest BCUT2D eigenvalue weighted by Gasteiger charge is 2.28. The molecule has 4 aromatic carbocycles. The fraction of sp³-hybridized carbons (Fsp3) is 0.297. The van der Waals surface area contributed by atoms with Crippen molar-refractivity contribution in [2.24, 2.45) is 0 Å². The summed E-state index contributed by atoms with van der Waals surface area (Å²) in [4.78, 5) is 29.3. The number of carbonyl (C=O) groups is 2. The van der Waals surface area contributed by atoms with Gasteiger partial charge in [-0.1, -0.05) is 121 Å². The third-order valence-electron chi connectivity index (χ3n) is 7.29. The highest BCUT2D eigenvalue weighted by Crippen LogP contribution is 2.16. The Morgan fingerprint density at radius 2 is 1.04 bits per heavy atom. The molecule has 2 atom stereocenters. The number of methoxy groups -OCH3 is 1. The lowest BCUT2D eigenvalue weighted by Gasteiger charge is -2.30. The quantitative estimate of drug-likeness (QED) is 0.103. The molecule has 0 saturated heterocycles. The largest absolute Gasteiger partial charge is 0.468 e. The number of nitrogens with zero attached hydrogens (tertiary/aromatic N) is 2. The molecule has 0 aromatic heterocycles. The van der Waals surface area contributed by atoms with Crippen molar-refractivity contribution in [2.45, 2.75) is 38.4 Å². The zero-order valence-corrected chi connectivity index (χ0v) is 25.7. The van der Waals surface area contributed by atoms with E-state index >= 15 is 4.39 Å². The van der Waals surface area contributed by atoms with Crippen LogP contribution in [-0.2, 0) is 50.0 Å². The van der Waals surface area contributed by atoms with Gasteiger partial charge in [-0.15, -0.1) is 0 Å². The zero-order valence-electron chi connectivity index (χ0n) is 25.7. The van der Waals surface area contributed by atoms with E-state index in [-0.39, 0.29) is 26.4 Å². The second-order valence-electron chi connectivity index (χ2n) is 10.8. The van der Waals surface area contributed by atoms with Gasteiger partial charge in [0.25, 0.3) is 0 Å². The molecule has 0 spiro atoms. The molecule has 8 heteroatoms. The Morgan fingerprint density at radius 1 is 0.622 bits per heavy atom. The molecule has 45 heavy (non-hydrogen) atoms. The van der Waals surface area contributed by atoms with Crippen molar-refractivity contribution in [1.29, 1.82) is 0 Å². The molecule has 236 valence electrons. The first-order valence-electron chi connectivity index (χ1n) is 15.1. The Kier molecular flexibility index (Phi) is 13.7. The number of hydrogen-bond donors (Lipinski definition) is 0. The van der Waals surface area contributed by atoms with Crippen LogP contribution in [0.1, 0.15) is 22.3 Å². The average molecular weight is 613 g/mol. The summed E-state index contributed by atoms with van der Waals surface area (Å²) in [5.74, 6) is -1.37. The summed E-state index contributed by atoms with van der Waals surface area (Å²) in [5.41, 5.74) is 4.13. The van der Waals surface area contributed by atoms with Gasteiger partial charge in [-0.3, -0.25) is 14.6 Å². The lowest BCUT2D eigenvalue weighted by atomic mass is 10.1. The maximum absolute atomic E-state index is 15.1. The van der Waals surface area contributed by atoms with E-state index in [1.165, 1.54) is 7.11 Å². The first-order valence-corrected chi connectivity index (χ1v) is 15.1. The van der Waals surface area contributed by atoms with Crippen LogP contribution in [0.4, 0.5) is 4.39 Å². The van der Waals surface area contributed by atoms with Crippen LogP contribution in [0.2, 0.25) is 0 Å². The van der Waals surface area contributed by atoms with Gasteiger partial charge in [0.1, 0.15) is 12.6 Å². The highest BCUT2D eigenvalue weighted by molar-refractivity contribution is 5.76. The van der Waals surface area contributed by atoms with Gasteiger partial charge in [0.15, 0.2) is 0 Å². The van der Waals surface area contributed by atoms with E-state index in [9.17, 15) is 9.59 Å². The summed E-state index contributed by atoms with van der Waals surface area (Å²) < 4.78 is 31.3. The third-order valence-corrected chi connectivity index (χ3v) is 7.29. The summed E-state index contributed by atoms with van der Waals surface area (Å²) in [7, 11) is 1.35. The number of ether oxygens (including phenoxy) is 3. The van der Waals surface area contributed by atoms with Crippen molar-refractivity contribution in [2.75, 3.05) is 33.5 Å². The lowest BCUT2D eigenvalue weighted by molar-refractivity contribution is -0.155. The minimum Gasteiger partial charge on any atom is -0.468 e. The van der Waals surface area contributed by atoms with Crippen molar-refractivity contribution in [3.05, 3.63) is 144 Å². The number of alkyl halides is 1. The number of rotatable bonds is 18. The molecule has 0 aliphatic carbocycles. The van der Waals surface area contributed by atoms with Crippen LogP contribution in [-0.4, -0.2) is 67.4 Å². The van der Waals surface area contributed by atoms with Crippen molar-refractivity contribution in [3.8, 4) is 0 Å². The van der Waals surface area contributed by atoms with E-state index in [4.69, 9.17) is 14.2 Å². The number of carbonyl (C=O) groups excluding carboxylic acids is 2. The number of halogens is 1. The van der Waals surface area contributed by atoms with Gasteiger partial charge >= 0.3 is 11.9 Å². The van der Waals surface area contributed by atoms with Gasteiger partial charge in [-0.05, 0) is 22.3 Å². The highest BCUT2D eigenvalue weighted by atomic mass is 19.1. The van der Waals surface area contributed by atoms with E-state index in [2.05, 4.69) is 0 Å². The van der Waals surface area contributed by atoms with Crippen LogP contribution in [0.25, 0.3) is 0 Å². The fourth-order valence-electron chi connectivity index (χ4n) is 5.03. The molecule has 0 amide bonds. The third kappa shape index (κ3) is 11.6.